The molecule has 2 rings (SSSR count). The average molecular weight is 356 g/mol. The fourth-order valence-electron chi connectivity index (χ4n) is 2.54. The van der Waals surface area contributed by atoms with Crippen LogP contribution in [0.15, 0.2) is 35.9 Å². The van der Waals surface area contributed by atoms with Gasteiger partial charge in [0.1, 0.15) is 4.75 Å². The van der Waals surface area contributed by atoms with E-state index >= 15 is 0 Å². The molecule has 0 radical (unpaired) electrons. The summed E-state index contributed by atoms with van der Waals surface area (Å²) in [6, 6.07) is 7.60. The van der Waals surface area contributed by atoms with E-state index in [1.54, 1.807) is 6.08 Å². The van der Waals surface area contributed by atoms with Gasteiger partial charge in [-0.1, -0.05) is 29.8 Å². The van der Waals surface area contributed by atoms with Crippen molar-refractivity contribution in [2.75, 3.05) is 6.54 Å². The van der Waals surface area contributed by atoms with Crippen molar-refractivity contribution in [3.63, 3.8) is 0 Å². The number of aliphatic carboxylic acids is 1. The Morgan fingerprint density at radius 1 is 1.39 bits per heavy atom. The molecule has 1 heterocycles. The number of hydrogen-bond acceptors (Lipinski definition) is 3. The van der Waals surface area contributed by atoms with Gasteiger partial charge in [0.2, 0.25) is 0 Å². The molecule has 4 nitrogen and oxygen atoms in total. The molecule has 1 aromatic rings. The molecule has 1 N–H and O–H groups in total. The van der Waals surface area contributed by atoms with E-state index in [0.29, 0.717) is 23.4 Å². The summed E-state index contributed by atoms with van der Waals surface area (Å²) in [4.78, 5) is 11.3. The summed E-state index contributed by atoms with van der Waals surface area (Å²) >= 11 is 4.65. The Bertz CT molecular complexity index is 595. The van der Waals surface area contributed by atoms with Gasteiger partial charge in [-0.2, -0.15) is 0 Å². The zero-order valence-electron chi connectivity index (χ0n) is 13.6. The average Bonchev–Trinajstić information content (AvgIpc) is 2.48. The van der Waals surface area contributed by atoms with Gasteiger partial charge in [0, 0.05) is 16.4 Å². The molecular weight excluding hydrogens is 334 g/mol. The molecule has 1 aliphatic heterocycles. The summed E-state index contributed by atoms with van der Waals surface area (Å²) in [5.41, 5.74) is 1.41. The lowest BCUT2D eigenvalue weighted by Crippen LogP contribution is -2.51. The van der Waals surface area contributed by atoms with Gasteiger partial charge in [0.05, 0.1) is 18.2 Å². The van der Waals surface area contributed by atoms with E-state index in [1.165, 1.54) is 0 Å². The van der Waals surface area contributed by atoms with Crippen molar-refractivity contribution < 1.29 is 14.5 Å². The highest BCUT2D eigenvalue weighted by Gasteiger charge is 2.40. The van der Waals surface area contributed by atoms with Crippen LogP contribution in [0, 0.1) is 0 Å². The van der Waals surface area contributed by atoms with Crippen LogP contribution in [0.25, 0.3) is 0 Å². The fraction of sp³-hybridized carbons (Fsp3) is 0.471. The minimum atomic E-state index is -1.27. The second kappa shape index (κ2) is 7.26. The van der Waals surface area contributed by atoms with E-state index in [-0.39, 0.29) is 12.6 Å². The molecule has 0 aliphatic carbocycles. The topological polar surface area (TPSA) is 63.6 Å². The summed E-state index contributed by atoms with van der Waals surface area (Å²) in [6.07, 6.45) is 3.04. The number of benzene rings is 1. The number of hydrogen-bond donors (Lipinski definition) is 1. The smallest absolute Gasteiger partial charge is 0.332 e. The molecule has 2 atom stereocenters. The highest BCUT2D eigenvalue weighted by molar-refractivity contribution is 7.90. The molecule has 126 valence electrons. The molecule has 23 heavy (non-hydrogen) atoms. The molecule has 1 unspecified atom stereocenters. The Labute approximate surface area is 145 Å². The van der Waals surface area contributed by atoms with Crippen molar-refractivity contribution in [3.05, 3.63) is 46.5 Å². The summed E-state index contributed by atoms with van der Waals surface area (Å²) < 4.78 is 14.2. The second-order valence-electron chi connectivity index (χ2n) is 6.69. The predicted octanol–water partition coefficient (Wildman–Crippen LogP) is 3.43. The lowest BCUT2D eigenvalue weighted by Gasteiger charge is -2.39. The second-order valence-corrected chi connectivity index (χ2v) is 9.32. The number of halogens is 1. The van der Waals surface area contributed by atoms with Gasteiger partial charge >= 0.3 is 5.97 Å². The molecule has 0 amide bonds. The van der Waals surface area contributed by atoms with Crippen LogP contribution >= 0.6 is 11.6 Å². The Balaban J connectivity index is 2.23. The number of rotatable bonds is 4. The Kier molecular flexibility index (Phi) is 5.79. The predicted molar refractivity (Wildman–Crippen MR) is 93.9 cm³/mol. The highest BCUT2D eigenvalue weighted by Crippen LogP contribution is 2.29. The third-order valence-electron chi connectivity index (χ3n) is 3.77. The van der Waals surface area contributed by atoms with E-state index in [9.17, 15) is 14.5 Å². The molecule has 0 saturated carbocycles. The van der Waals surface area contributed by atoms with E-state index in [0.717, 1.165) is 5.56 Å². The highest BCUT2D eigenvalue weighted by atomic mass is 35.5. The van der Waals surface area contributed by atoms with Gasteiger partial charge in [0.25, 0.3) is 0 Å². The standard InChI is InChI=1S/C17H22ClNO3S/c1-17(2,3)23(22)19-11-13(16(20)21)6-9-15(19)10-12-4-7-14(18)8-5-12/h4-8,15H,9-11H2,1-3H3,(H,20,21)/t15?,23-/m0/s1. The maximum absolute atomic E-state index is 12.8. The number of nitrogens with zero attached hydrogens (tertiary/aromatic N) is 1. The number of carbonyl (C=O) groups is 1. The van der Waals surface area contributed by atoms with Gasteiger partial charge in [-0.15, -0.1) is 4.31 Å². The van der Waals surface area contributed by atoms with Gasteiger partial charge in [-0.05, 0) is 51.3 Å². The molecule has 0 fully saturated rings. The van der Waals surface area contributed by atoms with Crippen molar-refractivity contribution in [1.82, 2.24) is 4.31 Å². The fourth-order valence-corrected chi connectivity index (χ4v) is 4.05. The molecular formula is C17H22ClNO3S. The van der Waals surface area contributed by atoms with Crippen LogP contribution in [0.1, 0.15) is 32.8 Å². The summed E-state index contributed by atoms with van der Waals surface area (Å²) in [5, 5.41) is 9.92. The van der Waals surface area contributed by atoms with Crippen LogP contribution in [0.2, 0.25) is 5.02 Å². The third-order valence-corrected chi connectivity index (χ3v) is 5.92. The van der Waals surface area contributed by atoms with Crippen LogP contribution in [-0.4, -0.2) is 37.3 Å². The SMILES string of the molecule is CC(C)(C)[S@+]([O-])N1CC(C(=O)O)=CCC1Cc1ccc(Cl)cc1. The minimum Gasteiger partial charge on any atom is -0.597 e. The van der Waals surface area contributed by atoms with Crippen LogP contribution in [0.5, 0.6) is 0 Å². The van der Waals surface area contributed by atoms with Crippen molar-refractivity contribution in [3.8, 4) is 0 Å². The Hall–Kier alpha value is -1.01. The van der Waals surface area contributed by atoms with Crippen molar-refractivity contribution in [1.29, 1.82) is 0 Å². The first-order chi connectivity index (χ1) is 10.7. The minimum absolute atomic E-state index is 0.0133. The van der Waals surface area contributed by atoms with Crippen molar-refractivity contribution in [2.24, 2.45) is 0 Å². The first kappa shape index (κ1) is 18.3. The molecule has 0 saturated heterocycles. The molecule has 0 bridgehead atoms. The maximum atomic E-state index is 12.8. The monoisotopic (exact) mass is 355 g/mol. The largest absolute Gasteiger partial charge is 0.597 e. The molecule has 6 heteroatoms. The zero-order chi connectivity index (χ0) is 17.2. The summed E-state index contributed by atoms with van der Waals surface area (Å²) in [5.74, 6) is -0.939. The van der Waals surface area contributed by atoms with Crippen LogP contribution < -0.4 is 0 Å². The van der Waals surface area contributed by atoms with Crippen molar-refractivity contribution >= 4 is 28.9 Å². The van der Waals surface area contributed by atoms with Gasteiger partial charge in [0.15, 0.2) is 0 Å². The summed E-state index contributed by atoms with van der Waals surface area (Å²) in [7, 11) is 0. The van der Waals surface area contributed by atoms with Gasteiger partial charge < -0.3 is 9.66 Å². The van der Waals surface area contributed by atoms with E-state index in [1.807, 2.05) is 49.3 Å². The summed E-state index contributed by atoms with van der Waals surface area (Å²) in [6.45, 7) is 5.92. The van der Waals surface area contributed by atoms with Gasteiger partial charge in [-0.3, -0.25) is 0 Å². The van der Waals surface area contributed by atoms with Crippen molar-refractivity contribution in [2.45, 2.75) is 44.4 Å². The Morgan fingerprint density at radius 2 is 2.00 bits per heavy atom. The Morgan fingerprint density at radius 3 is 2.52 bits per heavy atom. The van der Waals surface area contributed by atoms with E-state index in [2.05, 4.69) is 0 Å². The number of carboxylic acid groups (broad SMARTS) is 1. The first-order valence-electron chi connectivity index (χ1n) is 7.54. The molecule has 0 spiro atoms. The normalized spacial score (nSPS) is 20.9. The van der Waals surface area contributed by atoms with Gasteiger partial charge in [-0.25, -0.2) is 4.79 Å². The number of carboxylic acids is 1. The molecule has 1 aliphatic rings. The maximum Gasteiger partial charge on any atom is 0.332 e. The zero-order valence-corrected chi connectivity index (χ0v) is 15.2. The van der Waals surface area contributed by atoms with E-state index in [4.69, 9.17) is 11.6 Å². The molecule has 1 aromatic carbocycles. The molecule has 0 aromatic heterocycles. The quantitative estimate of drug-likeness (QED) is 0.840. The lowest BCUT2D eigenvalue weighted by atomic mass is 9.98. The van der Waals surface area contributed by atoms with Crippen LogP contribution in [-0.2, 0) is 22.6 Å². The van der Waals surface area contributed by atoms with E-state index < -0.39 is 22.1 Å². The van der Waals surface area contributed by atoms with Crippen LogP contribution in [0.4, 0.5) is 0 Å². The lowest BCUT2D eigenvalue weighted by molar-refractivity contribution is -0.133. The van der Waals surface area contributed by atoms with Crippen LogP contribution in [0.3, 0.4) is 0 Å². The first-order valence-corrected chi connectivity index (χ1v) is 9.02. The third kappa shape index (κ3) is 4.73.